The number of hydrogen-bond acceptors (Lipinski definition) is 7. The first-order valence-electron chi connectivity index (χ1n) is 8.34. The third-order valence-corrected chi connectivity index (χ3v) is 4.23. The normalized spacial score (nSPS) is 15.5. The van der Waals surface area contributed by atoms with Crippen LogP contribution >= 0.6 is 11.6 Å². The molecule has 130 valence electrons. The van der Waals surface area contributed by atoms with Crippen molar-refractivity contribution in [1.29, 1.82) is 0 Å². The molecule has 2 aromatic heterocycles. The van der Waals surface area contributed by atoms with Gasteiger partial charge in [-0.1, -0.05) is 23.2 Å². The van der Waals surface area contributed by atoms with E-state index in [1.54, 1.807) is 0 Å². The molecule has 8 nitrogen and oxygen atoms in total. The van der Waals surface area contributed by atoms with Crippen molar-refractivity contribution >= 4 is 23.4 Å². The lowest BCUT2D eigenvalue weighted by Gasteiger charge is -2.26. The molecule has 0 bridgehead atoms. The molecule has 3 heterocycles. The number of nitrogens with zero attached hydrogens (tertiary/aromatic N) is 6. The van der Waals surface area contributed by atoms with E-state index in [9.17, 15) is 0 Å². The molecule has 0 radical (unpaired) electrons. The number of nitrogen functional groups attached to an aromatic ring is 1. The molecule has 1 saturated heterocycles. The van der Waals surface area contributed by atoms with Gasteiger partial charge in [-0.3, -0.25) is 4.68 Å². The van der Waals surface area contributed by atoms with E-state index >= 15 is 0 Å². The molecular weight excluding hydrogens is 328 g/mol. The van der Waals surface area contributed by atoms with E-state index in [2.05, 4.69) is 30.5 Å². The minimum atomic E-state index is 0.311. The van der Waals surface area contributed by atoms with Gasteiger partial charge >= 0.3 is 0 Å². The smallest absolute Gasteiger partial charge is 0.226 e. The van der Waals surface area contributed by atoms with Crippen LogP contribution in [0.25, 0.3) is 0 Å². The number of rotatable bonds is 7. The first-order valence-corrected chi connectivity index (χ1v) is 8.72. The number of halogens is 1. The van der Waals surface area contributed by atoms with E-state index in [1.807, 2.05) is 10.9 Å². The van der Waals surface area contributed by atoms with Crippen molar-refractivity contribution in [2.45, 2.75) is 38.8 Å². The Balaban J connectivity index is 1.43. The second-order valence-corrected chi connectivity index (χ2v) is 6.41. The average Bonchev–Trinajstić information content (AvgIpc) is 3.01. The molecule has 1 aliphatic rings. The molecule has 0 aliphatic carbocycles. The maximum absolute atomic E-state index is 5.85. The largest absolute Gasteiger partial charge is 0.383 e. The first kappa shape index (κ1) is 16.9. The number of hydrogen-bond donors (Lipinski definition) is 2. The number of nitrogens with two attached hydrogens (primary N) is 1. The van der Waals surface area contributed by atoms with Gasteiger partial charge in [0.1, 0.15) is 16.7 Å². The highest BCUT2D eigenvalue weighted by Gasteiger charge is 2.09. The van der Waals surface area contributed by atoms with E-state index < -0.39 is 0 Å². The molecule has 2 aromatic rings. The van der Waals surface area contributed by atoms with Gasteiger partial charge in [0.25, 0.3) is 0 Å². The lowest BCUT2D eigenvalue weighted by atomic mass is 10.1. The highest BCUT2D eigenvalue weighted by atomic mass is 35.5. The van der Waals surface area contributed by atoms with E-state index in [-0.39, 0.29) is 0 Å². The predicted molar refractivity (Wildman–Crippen MR) is 93.7 cm³/mol. The zero-order chi connectivity index (χ0) is 16.8. The van der Waals surface area contributed by atoms with Crippen molar-refractivity contribution in [1.82, 2.24) is 29.9 Å². The van der Waals surface area contributed by atoms with E-state index in [0.717, 1.165) is 25.2 Å². The molecule has 1 fully saturated rings. The van der Waals surface area contributed by atoms with Gasteiger partial charge in [-0.05, 0) is 38.9 Å². The van der Waals surface area contributed by atoms with Crippen LogP contribution in [0.2, 0.25) is 5.15 Å². The third-order valence-electron chi connectivity index (χ3n) is 4.04. The van der Waals surface area contributed by atoms with Crippen molar-refractivity contribution in [3.63, 3.8) is 0 Å². The van der Waals surface area contributed by atoms with Gasteiger partial charge in [0.05, 0.1) is 12.7 Å². The summed E-state index contributed by atoms with van der Waals surface area (Å²) in [6.45, 7) is 4.95. The molecule has 3 N–H and O–H groups in total. The van der Waals surface area contributed by atoms with Gasteiger partial charge in [0, 0.05) is 12.6 Å². The Labute approximate surface area is 146 Å². The number of likely N-dealkylation sites (tertiary alicyclic amines) is 1. The van der Waals surface area contributed by atoms with Crippen LogP contribution in [0, 0.1) is 0 Å². The van der Waals surface area contributed by atoms with Gasteiger partial charge in [-0.2, -0.15) is 4.98 Å². The molecule has 0 aromatic carbocycles. The highest BCUT2D eigenvalue weighted by molar-refractivity contribution is 6.29. The summed E-state index contributed by atoms with van der Waals surface area (Å²) < 4.78 is 1.88. The minimum Gasteiger partial charge on any atom is -0.383 e. The Hall–Kier alpha value is -1.93. The lowest BCUT2D eigenvalue weighted by molar-refractivity contribution is 0.221. The van der Waals surface area contributed by atoms with E-state index in [4.69, 9.17) is 17.3 Å². The van der Waals surface area contributed by atoms with Gasteiger partial charge < -0.3 is 16.0 Å². The van der Waals surface area contributed by atoms with Gasteiger partial charge in [0.2, 0.25) is 5.95 Å². The number of piperidine rings is 1. The van der Waals surface area contributed by atoms with Crippen molar-refractivity contribution in [2.24, 2.45) is 0 Å². The van der Waals surface area contributed by atoms with Crippen LogP contribution in [-0.4, -0.2) is 49.5 Å². The molecule has 3 rings (SSSR count). The first-order chi connectivity index (χ1) is 11.7. The summed E-state index contributed by atoms with van der Waals surface area (Å²) >= 11 is 5.85. The summed E-state index contributed by atoms with van der Waals surface area (Å²) in [6, 6.07) is 1.51. The number of aryl methyl sites for hydroxylation is 1. The standard InChI is InChI=1S/C15H23ClN8/c16-13-9-14(17)20-15(19-13)18-10-12-11-24(22-21-12)8-4-7-23-5-2-1-3-6-23/h9,11H,1-8,10H2,(H3,17,18,19,20). The second kappa shape index (κ2) is 8.25. The second-order valence-electron chi connectivity index (χ2n) is 6.02. The Morgan fingerprint density at radius 1 is 1.17 bits per heavy atom. The fourth-order valence-corrected chi connectivity index (χ4v) is 3.04. The van der Waals surface area contributed by atoms with Crippen LogP contribution in [0.3, 0.4) is 0 Å². The molecule has 0 atom stereocenters. The van der Waals surface area contributed by atoms with Crippen molar-refractivity contribution in [3.05, 3.63) is 23.1 Å². The van der Waals surface area contributed by atoms with Crippen molar-refractivity contribution in [2.75, 3.05) is 30.7 Å². The predicted octanol–water partition coefficient (Wildman–Crippen LogP) is 1.79. The van der Waals surface area contributed by atoms with E-state index in [1.165, 1.54) is 38.4 Å². The van der Waals surface area contributed by atoms with Gasteiger partial charge in [-0.15, -0.1) is 5.10 Å². The van der Waals surface area contributed by atoms with Gasteiger partial charge in [-0.25, -0.2) is 4.98 Å². The Morgan fingerprint density at radius 3 is 2.79 bits per heavy atom. The topological polar surface area (TPSA) is 97.8 Å². The molecule has 0 unspecified atom stereocenters. The Bertz CT molecular complexity index is 632. The van der Waals surface area contributed by atoms with Crippen LogP contribution in [-0.2, 0) is 13.1 Å². The van der Waals surface area contributed by atoms with E-state index in [0.29, 0.717) is 23.5 Å². The number of anilines is 2. The maximum atomic E-state index is 5.85. The summed E-state index contributed by atoms with van der Waals surface area (Å²) in [4.78, 5) is 10.7. The SMILES string of the molecule is Nc1cc(Cl)nc(NCc2cn(CCCN3CCCCC3)nn2)n1. The summed E-state index contributed by atoms with van der Waals surface area (Å²) in [5.74, 6) is 0.721. The van der Waals surface area contributed by atoms with Gasteiger partial charge in [0.15, 0.2) is 0 Å². The fraction of sp³-hybridized carbons (Fsp3) is 0.600. The van der Waals surface area contributed by atoms with Crippen LogP contribution in [0.5, 0.6) is 0 Å². The zero-order valence-corrected chi connectivity index (χ0v) is 14.4. The Kier molecular flexibility index (Phi) is 5.81. The molecule has 24 heavy (non-hydrogen) atoms. The minimum absolute atomic E-state index is 0.311. The summed E-state index contributed by atoms with van der Waals surface area (Å²) in [5.41, 5.74) is 6.47. The quantitative estimate of drug-likeness (QED) is 0.734. The molecule has 9 heteroatoms. The maximum Gasteiger partial charge on any atom is 0.226 e. The average molecular weight is 351 g/mol. The highest BCUT2D eigenvalue weighted by Crippen LogP contribution is 2.12. The van der Waals surface area contributed by atoms with Crippen LogP contribution in [0.15, 0.2) is 12.3 Å². The van der Waals surface area contributed by atoms with Crippen molar-refractivity contribution in [3.8, 4) is 0 Å². The summed E-state index contributed by atoms with van der Waals surface area (Å²) in [7, 11) is 0. The monoisotopic (exact) mass is 350 g/mol. The molecule has 1 aliphatic heterocycles. The number of nitrogens with one attached hydrogen (secondary N) is 1. The zero-order valence-electron chi connectivity index (χ0n) is 13.7. The number of aromatic nitrogens is 5. The molecule has 0 spiro atoms. The fourth-order valence-electron chi connectivity index (χ4n) is 2.85. The van der Waals surface area contributed by atoms with Crippen LogP contribution in [0.4, 0.5) is 11.8 Å². The van der Waals surface area contributed by atoms with Crippen LogP contribution < -0.4 is 11.1 Å². The summed E-state index contributed by atoms with van der Waals surface area (Å²) in [6.07, 6.45) is 7.06. The van der Waals surface area contributed by atoms with Crippen LogP contribution in [0.1, 0.15) is 31.4 Å². The lowest BCUT2D eigenvalue weighted by Crippen LogP contribution is -2.31. The molecular formula is C15H23ClN8. The third kappa shape index (κ3) is 5.04. The Morgan fingerprint density at radius 2 is 2.00 bits per heavy atom. The molecule has 0 amide bonds. The summed E-state index contributed by atoms with van der Waals surface area (Å²) in [5, 5.41) is 11.7. The molecule has 0 saturated carbocycles. The van der Waals surface area contributed by atoms with Crippen molar-refractivity contribution < 1.29 is 0 Å².